The van der Waals surface area contributed by atoms with Gasteiger partial charge in [0.2, 0.25) is 0 Å². The van der Waals surface area contributed by atoms with Crippen molar-refractivity contribution in [3.05, 3.63) is 33.8 Å². The Morgan fingerprint density at radius 3 is 2.50 bits per heavy atom. The molecule has 0 saturated carbocycles. The zero-order chi connectivity index (χ0) is 17.5. The predicted octanol–water partition coefficient (Wildman–Crippen LogP) is 2.94. The van der Waals surface area contributed by atoms with Crippen LogP contribution < -0.4 is 5.32 Å². The Labute approximate surface area is 160 Å². The summed E-state index contributed by atoms with van der Waals surface area (Å²) in [5.74, 6) is 0. The summed E-state index contributed by atoms with van der Waals surface area (Å²) in [5.41, 5.74) is 1.20. The van der Waals surface area contributed by atoms with Gasteiger partial charge in [-0.2, -0.15) is 0 Å². The molecule has 0 aliphatic carbocycles. The molecule has 0 spiro atoms. The number of thiocarbonyl (C=S) groups is 1. The fraction of sp³-hybridized carbons (Fsp3) is 0.588. The second kappa shape index (κ2) is 9.78. The summed E-state index contributed by atoms with van der Waals surface area (Å²) in [7, 11) is 4.18. The van der Waals surface area contributed by atoms with E-state index in [1.54, 1.807) is 0 Å². The Morgan fingerprint density at radius 2 is 1.88 bits per heavy atom. The van der Waals surface area contributed by atoms with E-state index in [1.165, 1.54) is 5.56 Å². The van der Waals surface area contributed by atoms with Crippen molar-refractivity contribution < 1.29 is 0 Å². The molecule has 1 aliphatic rings. The lowest BCUT2D eigenvalue weighted by atomic mass is 10.2. The molecule has 0 bridgehead atoms. The zero-order valence-corrected chi connectivity index (χ0v) is 16.7. The standard InChI is InChI=1S/C17H26Cl2N4S/c1-21(2)7-3-6-20-17(24)23-10-8-22(9-11-23)13-14-4-5-15(18)16(19)12-14/h4-5,12H,3,6-11,13H2,1-2H3,(H,20,24). The van der Waals surface area contributed by atoms with Gasteiger partial charge in [-0.15, -0.1) is 0 Å². The highest BCUT2D eigenvalue weighted by Gasteiger charge is 2.19. The fourth-order valence-corrected chi connectivity index (χ4v) is 3.31. The average Bonchev–Trinajstić information content (AvgIpc) is 2.55. The minimum Gasteiger partial charge on any atom is -0.363 e. The molecule has 1 heterocycles. The van der Waals surface area contributed by atoms with Crippen LogP contribution in [0, 0.1) is 0 Å². The van der Waals surface area contributed by atoms with Gasteiger partial charge in [-0.05, 0) is 57.0 Å². The maximum absolute atomic E-state index is 6.09. The van der Waals surface area contributed by atoms with Crippen molar-refractivity contribution in [3.8, 4) is 0 Å². The van der Waals surface area contributed by atoms with Crippen LogP contribution in [0.4, 0.5) is 0 Å². The molecule has 1 fully saturated rings. The number of nitrogens with zero attached hydrogens (tertiary/aromatic N) is 3. The second-order valence-electron chi connectivity index (χ2n) is 6.40. The molecule has 0 atom stereocenters. The van der Waals surface area contributed by atoms with E-state index in [0.717, 1.165) is 57.3 Å². The number of nitrogens with one attached hydrogen (secondary N) is 1. The first kappa shape index (κ1) is 19.7. The first-order valence-electron chi connectivity index (χ1n) is 8.29. The van der Waals surface area contributed by atoms with Crippen LogP contribution in [0.1, 0.15) is 12.0 Å². The zero-order valence-electron chi connectivity index (χ0n) is 14.4. The largest absolute Gasteiger partial charge is 0.363 e. The summed E-state index contributed by atoms with van der Waals surface area (Å²) in [6, 6.07) is 5.85. The predicted molar refractivity (Wildman–Crippen MR) is 107 cm³/mol. The summed E-state index contributed by atoms with van der Waals surface area (Å²) in [4.78, 5) is 6.87. The van der Waals surface area contributed by atoms with Gasteiger partial charge in [0.1, 0.15) is 0 Å². The van der Waals surface area contributed by atoms with Gasteiger partial charge in [0.15, 0.2) is 5.11 Å². The molecule has 0 radical (unpaired) electrons. The summed E-state index contributed by atoms with van der Waals surface area (Å²) in [5, 5.41) is 5.47. The van der Waals surface area contributed by atoms with Crippen molar-refractivity contribution in [1.82, 2.24) is 20.0 Å². The summed E-state index contributed by atoms with van der Waals surface area (Å²) in [6.45, 7) is 6.82. The van der Waals surface area contributed by atoms with Crippen molar-refractivity contribution in [2.24, 2.45) is 0 Å². The number of piperazine rings is 1. The van der Waals surface area contributed by atoms with Gasteiger partial charge in [-0.3, -0.25) is 4.90 Å². The number of hydrogen-bond acceptors (Lipinski definition) is 3. The Kier molecular flexibility index (Phi) is 8.04. The summed E-state index contributed by atoms with van der Waals surface area (Å²) >= 11 is 17.6. The molecular weight excluding hydrogens is 363 g/mol. The highest BCUT2D eigenvalue weighted by molar-refractivity contribution is 7.80. The van der Waals surface area contributed by atoms with Gasteiger partial charge in [0.25, 0.3) is 0 Å². The van der Waals surface area contributed by atoms with E-state index in [0.29, 0.717) is 10.0 Å². The van der Waals surface area contributed by atoms with Gasteiger partial charge in [-0.1, -0.05) is 29.3 Å². The minimum absolute atomic E-state index is 0.607. The van der Waals surface area contributed by atoms with E-state index in [1.807, 2.05) is 18.2 Å². The number of benzene rings is 1. The van der Waals surface area contributed by atoms with Crippen LogP contribution in [0.5, 0.6) is 0 Å². The number of hydrogen-bond donors (Lipinski definition) is 1. The second-order valence-corrected chi connectivity index (χ2v) is 7.60. The third-order valence-electron chi connectivity index (χ3n) is 4.11. The van der Waals surface area contributed by atoms with E-state index in [2.05, 4.69) is 34.1 Å². The van der Waals surface area contributed by atoms with Crippen molar-refractivity contribution in [1.29, 1.82) is 0 Å². The monoisotopic (exact) mass is 388 g/mol. The lowest BCUT2D eigenvalue weighted by Gasteiger charge is -2.36. The van der Waals surface area contributed by atoms with Crippen LogP contribution in [0.15, 0.2) is 18.2 Å². The molecule has 134 valence electrons. The average molecular weight is 389 g/mol. The van der Waals surface area contributed by atoms with Gasteiger partial charge < -0.3 is 15.1 Å². The molecule has 24 heavy (non-hydrogen) atoms. The lowest BCUT2D eigenvalue weighted by Crippen LogP contribution is -2.51. The first-order valence-corrected chi connectivity index (χ1v) is 9.46. The van der Waals surface area contributed by atoms with Gasteiger partial charge >= 0.3 is 0 Å². The quantitative estimate of drug-likeness (QED) is 0.595. The van der Waals surface area contributed by atoms with Crippen molar-refractivity contribution in [2.45, 2.75) is 13.0 Å². The van der Waals surface area contributed by atoms with Crippen molar-refractivity contribution in [3.63, 3.8) is 0 Å². The topological polar surface area (TPSA) is 21.8 Å². The van der Waals surface area contributed by atoms with E-state index in [9.17, 15) is 0 Å². The maximum Gasteiger partial charge on any atom is 0.169 e. The Hall–Kier alpha value is -0.590. The molecule has 0 aromatic heterocycles. The Balaban J connectivity index is 1.70. The highest BCUT2D eigenvalue weighted by atomic mass is 35.5. The molecule has 7 heteroatoms. The summed E-state index contributed by atoms with van der Waals surface area (Å²) < 4.78 is 0. The van der Waals surface area contributed by atoms with E-state index >= 15 is 0 Å². The highest BCUT2D eigenvalue weighted by Crippen LogP contribution is 2.23. The van der Waals surface area contributed by atoms with Crippen molar-refractivity contribution in [2.75, 3.05) is 53.4 Å². The summed E-state index contributed by atoms with van der Waals surface area (Å²) in [6.07, 6.45) is 1.10. The molecule has 0 amide bonds. The fourth-order valence-electron chi connectivity index (χ4n) is 2.71. The first-order chi connectivity index (χ1) is 11.5. The van der Waals surface area contributed by atoms with Gasteiger partial charge in [0, 0.05) is 39.3 Å². The molecular formula is C17H26Cl2N4S. The Bertz CT molecular complexity index is 545. The maximum atomic E-state index is 6.09. The molecule has 2 rings (SSSR count). The van der Waals surface area contributed by atoms with Crippen molar-refractivity contribution >= 4 is 40.5 Å². The molecule has 1 saturated heterocycles. The van der Waals surface area contributed by atoms with Gasteiger partial charge in [-0.25, -0.2) is 0 Å². The number of halogens is 2. The third-order valence-corrected chi connectivity index (χ3v) is 5.25. The normalized spacial score (nSPS) is 15.8. The van der Waals surface area contributed by atoms with E-state index in [-0.39, 0.29) is 0 Å². The van der Waals surface area contributed by atoms with E-state index < -0.39 is 0 Å². The van der Waals surface area contributed by atoms with Crippen LogP contribution in [0.25, 0.3) is 0 Å². The minimum atomic E-state index is 0.607. The van der Waals surface area contributed by atoms with Crippen LogP contribution in [-0.4, -0.2) is 73.2 Å². The Morgan fingerprint density at radius 1 is 1.17 bits per heavy atom. The van der Waals surface area contributed by atoms with E-state index in [4.69, 9.17) is 35.4 Å². The molecule has 0 unspecified atom stereocenters. The molecule has 1 aromatic carbocycles. The molecule has 4 nitrogen and oxygen atoms in total. The molecule has 1 aliphatic heterocycles. The third kappa shape index (κ3) is 6.37. The van der Waals surface area contributed by atoms with Crippen LogP contribution in [0.2, 0.25) is 10.0 Å². The van der Waals surface area contributed by atoms with Crippen LogP contribution in [0.3, 0.4) is 0 Å². The molecule has 1 N–H and O–H groups in total. The molecule has 1 aromatic rings. The smallest absolute Gasteiger partial charge is 0.169 e. The van der Waals surface area contributed by atoms with Crippen LogP contribution in [-0.2, 0) is 6.54 Å². The number of rotatable bonds is 6. The lowest BCUT2D eigenvalue weighted by molar-refractivity contribution is 0.174. The van der Waals surface area contributed by atoms with Crippen LogP contribution >= 0.6 is 35.4 Å². The van der Waals surface area contributed by atoms with Gasteiger partial charge in [0.05, 0.1) is 10.0 Å². The SMILES string of the molecule is CN(C)CCCNC(=S)N1CCN(Cc2ccc(Cl)c(Cl)c2)CC1.